The van der Waals surface area contributed by atoms with Gasteiger partial charge in [0.25, 0.3) is 0 Å². The van der Waals surface area contributed by atoms with Crippen molar-refractivity contribution in [3.05, 3.63) is 11.7 Å². The minimum atomic E-state index is 0.276. The molecule has 2 aliphatic rings. The number of aromatic nitrogens is 2. The van der Waals surface area contributed by atoms with Gasteiger partial charge in [-0.25, -0.2) is 0 Å². The molecule has 0 aliphatic carbocycles. The van der Waals surface area contributed by atoms with Crippen molar-refractivity contribution in [2.45, 2.75) is 57.5 Å². The first-order chi connectivity index (χ1) is 9.24. The van der Waals surface area contributed by atoms with E-state index in [4.69, 9.17) is 4.52 Å². The van der Waals surface area contributed by atoms with Gasteiger partial charge in [-0.15, -0.1) is 0 Å². The molecule has 5 heteroatoms. The molecule has 0 amide bonds. The predicted molar refractivity (Wildman–Crippen MR) is 73.0 cm³/mol. The average Bonchev–Trinajstić information content (AvgIpc) is 3.09. The SMILES string of the molecule is CC(C)N1CCC(c2noc(C3CCCCN3)n2)C1. The van der Waals surface area contributed by atoms with Crippen LogP contribution < -0.4 is 5.32 Å². The summed E-state index contributed by atoms with van der Waals surface area (Å²) in [6.45, 7) is 7.77. The lowest BCUT2D eigenvalue weighted by Gasteiger charge is -2.19. The van der Waals surface area contributed by atoms with Gasteiger partial charge in [-0.05, 0) is 46.2 Å². The smallest absolute Gasteiger partial charge is 0.243 e. The summed E-state index contributed by atoms with van der Waals surface area (Å²) in [6.07, 6.45) is 4.77. The number of piperidine rings is 1. The molecule has 1 aromatic rings. The number of hydrogen-bond acceptors (Lipinski definition) is 5. The van der Waals surface area contributed by atoms with Gasteiger partial charge in [0.1, 0.15) is 0 Å². The van der Waals surface area contributed by atoms with Crippen molar-refractivity contribution in [2.75, 3.05) is 19.6 Å². The Bertz CT molecular complexity index is 411. The molecule has 1 N–H and O–H groups in total. The number of nitrogens with zero attached hydrogens (tertiary/aromatic N) is 3. The second kappa shape index (κ2) is 5.59. The lowest BCUT2D eigenvalue weighted by Crippen LogP contribution is -2.28. The van der Waals surface area contributed by atoms with E-state index in [2.05, 4.69) is 34.2 Å². The van der Waals surface area contributed by atoms with Crippen LogP contribution in [0.5, 0.6) is 0 Å². The Morgan fingerprint density at radius 1 is 1.32 bits per heavy atom. The van der Waals surface area contributed by atoms with Gasteiger partial charge in [0.05, 0.1) is 6.04 Å². The summed E-state index contributed by atoms with van der Waals surface area (Å²) in [4.78, 5) is 7.13. The van der Waals surface area contributed by atoms with E-state index in [-0.39, 0.29) is 6.04 Å². The lowest BCUT2D eigenvalue weighted by molar-refractivity contribution is 0.270. The summed E-state index contributed by atoms with van der Waals surface area (Å²) in [5.41, 5.74) is 0. The molecule has 2 unspecified atom stereocenters. The molecular weight excluding hydrogens is 240 g/mol. The monoisotopic (exact) mass is 264 g/mol. The normalized spacial score (nSPS) is 29.2. The highest BCUT2D eigenvalue weighted by Crippen LogP contribution is 2.28. The number of hydrogen-bond donors (Lipinski definition) is 1. The summed E-state index contributed by atoms with van der Waals surface area (Å²) in [5, 5.41) is 7.67. The lowest BCUT2D eigenvalue weighted by atomic mass is 10.0. The van der Waals surface area contributed by atoms with E-state index in [1.165, 1.54) is 12.8 Å². The van der Waals surface area contributed by atoms with Gasteiger partial charge in [0, 0.05) is 18.5 Å². The second-order valence-electron chi connectivity index (χ2n) is 6.07. The molecular formula is C14H24N4O. The minimum Gasteiger partial charge on any atom is -0.338 e. The third-order valence-corrected chi connectivity index (χ3v) is 4.38. The van der Waals surface area contributed by atoms with Gasteiger partial charge in [-0.1, -0.05) is 11.6 Å². The highest BCUT2D eigenvalue weighted by Gasteiger charge is 2.30. The molecule has 2 atom stereocenters. The Kier molecular flexibility index (Phi) is 3.84. The van der Waals surface area contributed by atoms with Crippen LogP contribution in [0.1, 0.15) is 63.2 Å². The van der Waals surface area contributed by atoms with Crippen LogP contribution in [0.25, 0.3) is 0 Å². The molecule has 0 saturated carbocycles. The quantitative estimate of drug-likeness (QED) is 0.906. The average molecular weight is 264 g/mol. The maximum absolute atomic E-state index is 5.47. The maximum atomic E-state index is 5.47. The molecule has 0 bridgehead atoms. The molecule has 2 aliphatic heterocycles. The van der Waals surface area contributed by atoms with E-state index in [1.54, 1.807) is 0 Å². The standard InChI is InChI=1S/C14H24N4O/c1-10(2)18-8-6-11(9-18)13-16-14(19-17-13)12-5-3-4-7-15-12/h10-12,15H,3-9H2,1-2H3. The molecule has 106 valence electrons. The third-order valence-electron chi connectivity index (χ3n) is 4.38. The van der Waals surface area contributed by atoms with Crippen LogP contribution in [0.15, 0.2) is 4.52 Å². The highest BCUT2D eigenvalue weighted by atomic mass is 16.5. The van der Waals surface area contributed by atoms with Crippen molar-refractivity contribution >= 4 is 0 Å². The third kappa shape index (κ3) is 2.82. The molecule has 0 aromatic carbocycles. The molecule has 19 heavy (non-hydrogen) atoms. The van der Waals surface area contributed by atoms with Crippen LogP contribution in [-0.2, 0) is 0 Å². The van der Waals surface area contributed by atoms with E-state index >= 15 is 0 Å². The van der Waals surface area contributed by atoms with Crippen LogP contribution in [0, 0.1) is 0 Å². The van der Waals surface area contributed by atoms with Gasteiger partial charge >= 0.3 is 0 Å². The Morgan fingerprint density at radius 3 is 2.89 bits per heavy atom. The number of nitrogens with one attached hydrogen (secondary N) is 1. The van der Waals surface area contributed by atoms with Crippen LogP contribution in [0.3, 0.4) is 0 Å². The van der Waals surface area contributed by atoms with Gasteiger partial charge in [-0.3, -0.25) is 0 Å². The molecule has 2 fully saturated rings. The fraction of sp³-hybridized carbons (Fsp3) is 0.857. The van der Waals surface area contributed by atoms with Crippen molar-refractivity contribution in [1.82, 2.24) is 20.4 Å². The highest BCUT2D eigenvalue weighted by molar-refractivity contribution is 5.03. The molecule has 2 saturated heterocycles. The van der Waals surface area contributed by atoms with Crippen molar-refractivity contribution in [2.24, 2.45) is 0 Å². The molecule has 5 nitrogen and oxygen atoms in total. The second-order valence-corrected chi connectivity index (χ2v) is 6.07. The Labute approximate surface area is 114 Å². The fourth-order valence-corrected chi connectivity index (χ4v) is 3.08. The summed E-state index contributed by atoms with van der Waals surface area (Å²) >= 11 is 0. The van der Waals surface area contributed by atoms with Crippen LogP contribution in [0.2, 0.25) is 0 Å². The van der Waals surface area contributed by atoms with Gasteiger partial charge in [0.15, 0.2) is 5.82 Å². The molecule has 3 heterocycles. The topological polar surface area (TPSA) is 54.2 Å². The Hall–Kier alpha value is -0.940. The summed E-state index contributed by atoms with van der Waals surface area (Å²) in [7, 11) is 0. The zero-order valence-corrected chi connectivity index (χ0v) is 11.9. The number of rotatable bonds is 3. The van der Waals surface area contributed by atoms with E-state index in [0.29, 0.717) is 12.0 Å². The van der Waals surface area contributed by atoms with Crippen molar-refractivity contribution in [3.63, 3.8) is 0 Å². The first-order valence-electron chi connectivity index (χ1n) is 7.55. The zero-order chi connectivity index (χ0) is 13.2. The van der Waals surface area contributed by atoms with Crippen LogP contribution in [-0.4, -0.2) is 40.7 Å². The van der Waals surface area contributed by atoms with Gasteiger partial charge < -0.3 is 14.7 Å². The van der Waals surface area contributed by atoms with Crippen molar-refractivity contribution in [3.8, 4) is 0 Å². The molecule has 0 radical (unpaired) electrons. The predicted octanol–water partition coefficient (Wildman–Crippen LogP) is 2.08. The van der Waals surface area contributed by atoms with E-state index in [9.17, 15) is 0 Å². The van der Waals surface area contributed by atoms with Crippen LogP contribution >= 0.6 is 0 Å². The molecule has 0 spiro atoms. The summed E-state index contributed by atoms with van der Waals surface area (Å²) in [6, 6.07) is 0.883. The van der Waals surface area contributed by atoms with E-state index in [1.807, 2.05) is 0 Å². The Morgan fingerprint density at radius 2 is 2.21 bits per heavy atom. The largest absolute Gasteiger partial charge is 0.338 e. The van der Waals surface area contributed by atoms with Crippen LogP contribution in [0.4, 0.5) is 0 Å². The first-order valence-corrected chi connectivity index (χ1v) is 7.55. The Balaban J connectivity index is 1.65. The number of likely N-dealkylation sites (tertiary alicyclic amines) is 1. The maximum Gasteiger partial charge on any atom is 0.243 e. The minimum absolute atomic E-state index is 0.276. The summed E-state index contributed by atoms with van der Waals surface area (Å²) < 4.78 is 5.47. The fourth-order valence-electron chi connectivity index (χ4n) is 3.08. The zero-order valence-electron chi connectivity index (χ0n) is 11.9. The first kappa shape index (κ1) is 13.1. The summed E-state index contributed by atoms with van der Waals surface area (Å²) in [5.74, 6) is 2.15. The van der Waals surface area contributed by atoms with Gasteiger partial charge in [-0.2, -0.15) is 4.98 Å². The molecule has 3 rings (SSSR count). The van der Waals surface area contributed by atoms with E-state index < -0.39 is 0 Å². The van der Waals surface area contributed by atoms with Crippen molar-refractivity contribution in [1.29, 1.82) is 0 Å². The molecule has 1 aromatic heterocycles. The van der Waals surface area contributed by atoms with Gasteiger partial charge in [0.2, 0.25) is 5.89 Å². The van der Waals surface area contributed by atoms with Crippen molar-refractivity contribution < 1.29 is 4.52 Å². The van der Waals surface area contributed by atoms with E-state index in [0.717, 1.165) is 44.2 Å².